The number of likely N-dealkylation sites (tertiary alicyclic amines) is 1. The highest BCUT2D eigenvalue weighted by atomic mass is 16.1. The molecule has 1 unspecified atom stereocenters. The summed E-state index contributed by atoms with van der Waals surface area (Å²) in [6, 6.07) is 13.4. The molecule has 0 radical (unpaired) electrons. The lowest BCUT2D eigenvalue weighted by molar-refractivity contribution is -0.127. The molecule has 2 aliphatic rings. The molecule has 5 heteroatoms. The summed E-state index contributed by atoms with van der Waals surface area (Å²) in [5, 5.41) is 4.54. The zero-order valence-corrected chi connectivity index (χ0v) is 18.0. The van der Waals surface area contributed by atoms with Gasteiger partial charge >= 0.3 is 0 Å². The third kappa shape index (κ3) is 3.21. The molecule has 5 nitrogen and oxygen atoms in total. The normalized spacial score (nSPS) is 23.5. The number of amides is 1. The first-order valence-electron chi connectivity index (χ1n) is 11.0. The van der Waals surface area contributed by atoms with Crippen LogP contribution in [0, 0.1) is 5.92 Å². The van der Waals surface area contributed by atoms with E-state index in [1.807, 2.05) is 18.2 Å². The zero-order valence-electron chi connectivity index (χ0n) is 18.0. The molecule has 156 valence electrons. The molecule has 1 aromatic carbocycles. The van der Waals surface area contributed by atoms with E-state index in [9.17, 15) is 4.79 Å². The second-order valence-electron chi connectivity index (χ2n) is 9.19. The SMILES string of the molecule is CC(C)n1cc2c3c(cccc31)[C@H]1CC(C(=O)NCc3ccccn3)CN(C)[C@@H]1C2. The van der Waals surface area contributed by atoms with E-state index in [4.69, 9.17) is 0 Å². The molecule has 1 fully saturated rings. The van der Waals surface area contributed by atoms with E-state index in [2.05, 4.69) is 65.1 Å². The van der Waals surface area contributed by atoms with Crippen LogP contribution in [0.5, 0.6) is 0 Å². The third-order valence-electron chi connectivity index (χ3n) is 6.97. The second kappa shape index (κ2) is 7.55. The summed E-state index contributed by atoms with van der Waals surface area (Å²) >= 11 is 0. The average Bonchev–Trinajstić information content (AvgIpc) is 3.13. The molecule has 2 aromatic heterocycles. The van der Waals surface area contributed by atoms with Crippen LogP contribution >= 0.6 is 0 Å². The van der Waals surface area contributed by atoms with E-state index in [1.54, 1.807) is 6.20 Å². The van der Waals surface area contributed by atoms with Crippen LogP contribution < -0.4 is 5.32 Å². The Balaban J connectivity index is 1.41. The quantitative estimate of drug-likeness (QED) is 0.720. The van der Waals surface area contributed by atoms with Gasteiger partial charge in [0, 0.05) is 47.8 Å². The summed E-state index contributed by atoms with van der Waals surface area (Å²) < 4.78 is 2.41. The van der Waals surface area contributed by atoms with Crippen molar-refractivity contribution >= 4 is 16.8 Å². The zero-order chi connectivity index (χ0) is 20.8. The van der Waals surface area contributed by atoms with Gasteiger partial charge in [-0.15, -0.1) is 0 Å². The average molecular weight is 403 g/mol. The summed E-state index contributed by atoms with van der Waals surface area (Å²) in [5.41, 5.74) is 5.11. The number of aromatic nitrogens is 2. The Hall–Kier alpha value is -2.66. The Kier molecular flexibility index (Phi) is 4.86. The van der Waals surface area contributed by atoms with Crippen LogP contribution in [0.4, 0.5) is 0 Å². The predicted molar refractivity (Wildman–Crippen MR) is 119 cm³/mol. The van der Waals surface area contributed by atoms with Crippen molar-refractivity contribution < 1.29 is 4.79 Å². The van der Waals surface area contributed by atoms with Gasteiger partial charge in [-0.25, -0.2) is 0 Å². The number of hydrogen-bond acceptors (Lipinski definition) is 3. The van der Waals surface area contributed by atoms with Crippen molar-refractivity contribution in [2.45, 2.75) is 51.2 Å². The lowest BCUT2D eigenvalue weighted by Crippen LogP contribution is -2.51. The minimum Gasteiger partial charge on any atom is -0.350 e. The molecule has 1 amide bonds. The number of carbonyl (C=O) groups excluding carboxylic acids is 1. The maximum absolute atomic E-state index is 13.0. The Labute approximate surface area is 178 Å². The number of likely N-dealkylation sites (N-methyl/N-ethyl adjacent to an activating group) is 1. The molecular formula is C25H30N4O. The van der Waals surface area contributed by atoms with E-state index < -0.39 is 0 Å². The predicted octanol–water partition coefficient (Wildman–Crippen LogP) is 3.89. The van der Waals surface area contributed by atoms with Crippen LogP contribution in [0.15, 0.2) is 48.8 Å². The molecule has 3 heterocycles. The number of hydrogen-bond donors (Lipinski definition) is 1. The summed E-state index contributed by atoms with van der Waals surface area (Å²) in [7, 11) is 2.18. The summed E-state index contributed by atoms with van der Waals surface area (Å²) in [4.78, 5) is 19.7. The van der Waals surface area contributed by atoms with Gasteiger partial charge in [-0.1, -0.05) is 18.2 Å². The number of pyridine rings is 1. The number of carbonyl (C=O) groups is 1. The van der Waals surface area contributed by atoms with Crippen molar-refractivity contribution in [1.82, 2.24) is 19.8 Å². The van der Waals surface area contributed by atoms with E-state index in [1.165, 1.54) is 22.0 Å². The van der Waals surface area contributed by atoms with Crippen LogP contribution in [-0.4, -0.2) is 40.0 Å². The van der Waals surface area contributed by atoms with Crippen molar-refractivity contribution in [3.8, 4) is 0 Å². The summed E-state index contributed by atoms with van der Waals surface area (Å²) in [6.45, 7) is 5.79. The molecule has 1 aliphatic heterocycles. The largest absolute Gasteiger partial charge is 0.350 e. The molecule has 1 N–H and O–H groups in total. The van der Waals surface area contributed by atoms with Crippen molar-refractivity contribution in [2.75, 3.05) is 13.6 Å². The summed E-state index contributed by atoms with van der Waals surface area (Å²) in [6.07, 6.45) is 6.10. The van der Waals surface area contributed by atoms with Crippen LogP contribution in [-0.2, 0) is 17.8 Å². The molecule has 3 atom stereocenters. The van der Waals surface area contributed by atoms with Crippen LogP contribution in [0.1, 0.15) is 49.0 Å². The minimum absolute atomic E-state index is 0.00366. The molecule has 1 aliphatic carbocycles. The van der Waals surface area contributed by atoms with Gasteiger partial charge < -0.3 is 14.8 Å². The van der Waals surface area contributed by atoms with E-state index in [0.717, 1.165) is 25.1 Å². The molecule has 0 bridgehead atoms. The monoisotopic (exact) mass is 402 g/mol. The smallest absolute Gasteiger partial charge is 0.224 e. The lowest BCUT2D eigenvalue weighted by Gasteiger charge is -2.45. The maximum atomic E-state index is 13.0. The van der Waals surface area contributed by atoms with Crippen molar-refractivity contribution in [2.24, 2.45) is 5.92 Å². The molecule has 1 saturated heterocycles. The van der Waals surface area contributed by atoms with Gasteiger partial charge in [-0.3, -0.25) is 9.78 Å². The Morgan fingerprint density at radius 3 is 2.87 bits per heavy atom. The van der Waals surface area contributed by atoms with Crippen molar-refractivity contribution in [3.63, 3.8) is 0 Å². The van der Waals surface area contributed by atoms with Crippen molar-refractivity contribution in [3.05, 3.63) is 65.6 Å². The van der Waals surface area contributed by atoms with Crippen LogP contribution in [0.25, 0.3) is 10.9 Å². The fourth-order valence-corrected chi connectivity index (χ4v) is 5.52. The highest BCUT2D eigenvalue weighted by Crippen LogP contribution is 2.45. The third-order valence-corrected chi connectivity index (χ3v) is 6.97. The first kappa shape index (κ1) is 19.3. The van der Waals surface area contributed by atoms with Gasteiger partial charge in [-0.05, 0) is 63.1 Å². The van der Waals surface area contributed by atoms with Gasteiger partial charge in [0.05, 0.1) is 18.2 Å². The molecule has 5 rings (SSSR count). The number of fused-ring (bicyclic) bond motifs is 2. The first-order valence-corrected chi connectivity index (χ1v) is 11.0. The van der Waals surface area contributed by atoms with E-state index >= 15 is 0 Å². The molecule has 0 spiro atoms. The fraction of sp³-hybridized carbons (Fsp3) is 0.440. The van der Waals surface area contributed by atoms with Gasteiger partial charge in [-0.2, -0.15) is 0 Å². The number of benzene rings is 1. The highest BCUT2D eigenvalue weighted by molar-refractivity contribution is 5.89. The molecule has 30 heavy (non-hydrogen) atoms. The standard InChI is InChI=1S/C25H30N4O/c1-16(2)29-15-17-12-23-21(20-8-6-9-22(29)24(17)20)11-18(14-28(23)3)25(30)27-13-19-7-4-5-10-26-19/h4-10,15-16,18,21,23H,11-14H2,1-3H3,(H,27,30)/t18?,21-,23-/m1/s1. The van der Waals surface area contributed by atoms with Gasteiger partial charge in [0.15, 0.2) is 0 Å². The lowest BCUT2D eigenvalue weighted by atomic mass is 9.72. The van der Waals surface area contributed by atoms with Gasteiger partial charge in [0.2, 0.25) is 5.91 Å². The minimum atomic E-state index is 0.00366. The molecule has 0 saturated carbocycles. The second-order valence-corrected chi connectivity index (χ2v) is 9.19. The molecule has 3 aromatic rings. The molecular weight excluding hydrogens is 372 g/mol. The summed E-state index contributed by atoms with van der Waals surface area (Å²) in [5.74, 6) is 0.543. The number of rotatable bonds is 4. The number of nitrogens with zero attached hydrogens (tertiary/aromatic N) is 3. The number of nitrogens with one attached hydrogen (secondary N) is 1. The maximum Gasteiger partial charge on any atom is 0.224 e. The van der Waals surface area contributed by atoms with Crippen LogP contribution in [0.2, 0.25) is 0 Å². The Morgan fingerprint density at radius 1 is 1.23 bits per heavy atom. The van der Waals surface area contributed by atoms with E-state index in [0.29, 0.717) is 24.5 Å². The van der Waals surface area contributed by atoms with Gasteiger partial charge in [0.1, 0.15) is 0 Å². The topological polar surface area (TPSA) is 50.2 Å². The first-order chi connectivity index (χ1) is 14.5. The van der Waals surface area contributed by atoms with Crippen molar-refractivity contribution in [1.29, 1.82) is 0 Å². The fourth-order valence-electron chi connectivity index (χ4n) is 5.52. The van der Waals surface area contributed by atoms with Crippen LogP contribution in [0.3, 0.4) is 0 Å². The Bertz CT molecular complexity index is 1070. The van der Waals surface area contributed by atoms with Gasteiger partial charge in [0.25, 0.3) is 0 Å². The number of piperidine rings is 1. The van der Waals surface area contributed by atoms with E-state index in [-0.39, 0.29) is 11.8 Å². The Morgan fingerprint density at radius 2 is 2.10 bits per heavy atom. The highest BCUT2D eigenvalue weighted by Gasteiger charge is 2.41.